The summed E-state index contributed by atoms with van der Waals surface area (Å²) in [6.45, 7) is 4.57. The van der Waals surface area contributed by atoms with Gasteiger partial charge in [0.05, 0.1) is 13.5 Å². The number of methoxy groups -OCH3 is 1. The van der Waals surface area contributed by atoms with Gasteiger partial charge < -0.3 is 14.5 Å². The van der Waals surface area contributed by atoms with E-state index in [2.05, 4.69) is 9.80 Å². The SMILES string of the molecule is COc1ccc(CC(=O)N2CCCC[C@H]2CCN2CCCCCC2)cc1. The van der Waals surface area contributed by atoms with E-state index in [1.165, 1.54) is 51.6 Å². The van der Waals surface area contributed by atoms with Gasteiger partial charge in [-0.15, -0.1) is 0 Å². The van der Waals surface area contributed by atoms with E-state index in [-0.39, 0.29) is 5.91 Å². The number of amides is 1. The molecule has 1 amide bonds. The minimum atomic E-state index is 0.288. The Hall–Kier alpha value is -1.55. The van der Waals surface area contributed by atoms with Crippen LogP contribution in [0.1, 0.15) is 56.9 Å². The van der Waals surface area contributed by atoms with Crippen LogP contribution in [0.3, 0.4) is 0 Å². The molecule has 0 radical (unpaired) electrons. The van der Waals surface area contributed by atoms with Gasteiger partial charge in [-0.3, -0.25) is 4.79 Å². The third-order valence-electron chi connectivity index (χ3n) is 5.94. The van der Waals surface area contributed by atoms with Gasteiger partial charge in [-0.1, -0.05) is 25.0 Å². The number of rotatable bonds is 6. The maximum atomic E-state index is 12.9. The van der Waals surface area contributed by atoms with Crippen molar-refractivity contribution >= 4 is 5.91 Å². The van der Waals surface area contributed by atoms with Crippen LogP contribution in [-0.4, -0.2) is 55.0 Å². The van der Waals surface area contributed by atoms with E-state index in [9.17, 15) is 4.79 Å². The molecule has 0 aliphatic carbocycles. The Bertz CT molecular complexity index is 550. The molecule has 2 aliphatic rings. The Labute approximate surface area is 158 Å². The predicted molar refractivity (Wildman–Crippen MR) is 106 cm³/mol. The molecule has 26 heavy (non-hydrogen) atoms. The summed E-state index contributed by atoms with van der Waals surface area (Å²) in [5.41, 5.74) is 1.08. The normalized spacial score (nSPS) is 22.0. The summed E-state index contributed by atoms with van der Waals surface area (Å²) in [7, 11) is 1.67. The first-order valence-electron chi connectivity index (χ1n) is 10.4. The fraction of sp³-hybridized carbons (Fsp3) is 0.682. The van der Waals surface area contributed by atoms with Gasteiger partial charge in [0, 0.05) is 19.1 Å². The van der Waals surface area contributed by atoms with Crippen LogP contribution in [0.2, 0.25) is 0 Å². The first kappa shape index (κ1) is 19.2. The van der Waals surface area contributed by atoms with Gasteiger partial charge in [0.1, 0.15) is 5.75 Å². The van der Waals surface area contributed by atoms with E-state index in [0.717, 1.165) is 37.2 Å². The molecule has 0 N–H and O–H groups in total. The van der Waals surface area contributed by atoms with Crippen molar-refractivity contribution in [2.24, 2.45) is 0 Å². The molecular formula is C22H34N2O2. The lowest BCUT2D eigenvalue weighted by Crippen LogP contribution is -2.46. The monoisotopic (exact) mass is 358 g/mol. The lowest BCUT2D eigenvalue weighted by molar-refractivity contribution is -0.134. The van der Waals surface area contributed by atoms with Crippen molar-refractivity contribution in [2.45, 2.75) is 63.8 Å². The number of benzene rings is 1. The summed E-state index contributed by atoms with van der Waals surface area (Å²) in [5, 5.41) is 0. The fourth-order valence-electron chi connectivity index (χ4n) is 4.34. The number of carbonyl (C=O) groups excluding carboxylic acids is 1. The highest BCUT2D eigenvalue weighted by atomic mass is 16.5. The Balaban J connectivity index is 1.53. The van der Waals surface area contributed by atoms with Gasteiger partial charge in [-0.25, -0.2) is 0 Å². The van der Waals surface area contributed by atoms with Crippen molar-refractivity contribution in [1.29, 1.82) is 0 Å². The lowest BCUT2D eigenvalue weighted by atomic mass is 9.98. The van der Waals surface area contributed by atoms with Crippen LogP contribution in [0, 0.1) is 0 Å². The number of nitrogens with zero attached hydrogens (tertiary/aromatic N) is 2. The van der Waals surface area contributed by atoms with Gasteiger partial charge in [-0.2, -0.15) is 0 Å². The number of ether oxygens (including phenoxy) is 1. The average molecular weight is 359 g/mol. The Morgan fingerprint density at radius 3 is 2.38 bits per heavy atom. The number of hydrogen-bond acceptors (Lipinski definition) is 3. The Kier molecular flexibility index (Phi) is 7.36. The molecule has 0 aromatic heterocycles. The molecule has 3 rings (SSSR count). The van der Waals surface area contributed by atoms with Crippen LogP contribution in [0.4, 0.5) is 0 Å². The molecule has 1 atom stereocenters. The summed E-state index contributed by atoms with van der Waals surface area (Å²) in [4.78, 5) is 17.7. The molecule has 144 valence electrons. The molecule has 4 heteroatoms. The molecule has 2 heterocycles. The molecule has 1 aromatic rings. The van der Waals surface area contributed by atoms with Gasteiger partial charge in [-0.05, 0) is 69.3 Å². The van der Waals surface area contributed by atoms with Gasteiger partial charge >= 0.3 is 0 Å². The summed E-state index contributed by atoms with van der Waals surface area (Å²) in [6, 6.07) is 8.32. The van der Waals surface area contributed by atoms with E-state index < -0.39 is 0 Å². The number of hydrogen-bond donors (Lipinski definition) is 0. The fourth-order valence-corrected chi connectivity index (χ4v) is 4.34. The summed E-state index contributed by atoms with van der Waals surface area (Å²) < 4.78 is 5.21. The van der Waals surface area contributed by atoms with Crippen LogP contribution >= 0.6 is 0 Å². The van der Waals surface area contributed by atoms with Crippen molar-refractivity contribution < 1.29 is 9.53 Å². The Morgan fingerprint density at radius 1 is 1.00 bits per heavy atom. The standard InChI is InChI=1S/C22H34N2O2/c1-26-21-11-9-19(10-12-21)18-22(25)24-16-7-4-8-20(24)13-17-23-14-5-2-3-6-15-23/h9-12,20H,2-8,13-18H2,1H3/t20-/m0/s1. The van der Waals surface area contributed by atoms with Crippen LogP contribution < -0.4 is 4.74 Å². The molecule has 0 unspecified atom stereocenters. The minimum Gasteiger partial charge on any atom is -0.497 e. The van der Waals surface area contributed by atoms with Gasteiger partial charge in [0.15, 0.2) is 0 Å². The van der Waals surface area contributed by atoms with E-state index in [1.807, 2.05) is 24.3 Å². The molecule has 0 spiro atoms. The van der Waals surface area contributed by atoms with Crippen LogP contribution in [-0.2, 0) is 11.2 Å². The van der Waals surface area contributed by atoms with Crippen LogP contribution in [0.25, 0.3) is 0 Å². The van der Waals surface area contributed by atoms with E-state index in [1.54, 1.807) is 7.11 Å². The first-order valence-corrected chi connectivity index (χ1v) is 10.4. The van der Waals surface area contributed by atoms with Crippen molar-refractivity contribution in [3.63, 3.8) is 0 Å². The molecule has 0 saturated carbocycles. The maximum absolute atomic E-state index is 12.9. The van der Waals surface area contributed by atoms with E-state index in [4.69, 9.17) is 4.74 Å². The van der Waals surface area contributed by atoms with Crippen LogP contribution in [0.15, 0.2) is 24.3 Å². The van der Waals surface area contributed by atoms with Crippen molar-refractivity contribution in [1.82, 2.24) is 9.80 Å². The summed E-state index contributed by atoms with van der Waals surface area (Å²) in [5.74, 6) is 1.13. The minimum absolute atomic E-state index is 0.288. The summed E-state index contributed by atoms with van der Waals surface area (Å²) >= 11 is 0. The van der Waals surface area contributed by atoms with E-state index in [0.29, 0.717) is 12.5 Å². The quantitative estimate of drug-likeness (QED) is 0.773. The molecule has 0 bridgehead atoms. The van der Waals surface area contributed by atoms with Gasteiger partial charge in [0.2, 0.25) is 5.91 Å². The molecule has 2 fully saturated rings. The zero-order valence-electron chi connectivity index (χ0n) is 16.3. The summed E-state index contributed by atoms with van der Waals surface area (Å²) in [6.07, 6.45) is 10.7. The third-order valence-corrected chi connectivity index (χ3v) is 5.94. The number of piperidine rings is 1. The maximum Gasteiger partial charge on any atom is 0.227 e. The lowest BCUT2D eigenvalue weighted by Gasteiger charge is -2.37. The third kappa shape index (κ3) is 5.47. The molecule has 4 nitrogen and oxygen atoms in total. The number of likely N-dealkylation sites (tertiary alicyclic amines) is 2. The van der Waals surface area contributed by atoms with Crippen molar-refractivity contribution in [3.8, 4) is 5.75 Å². The predicted octanol–water partition coefficient (Wildman–Crippen LogP) is 3.88. The van der Waals surface area contributed by atoms with Gasteiger partial charge in [0.25, 0.3) is 0 Å². The second kappa shape index (κ2) is 9.96. The highest BCUT2D eigenvalue weighted by Crippen LogP contribution is 2.22. The highest BCUT2D eigenvalue weighted by molar-refractivity contribution is 5.79. The first-order chi connectivity index (χ1) is 12.8. The second-order valence-corrected chi connectivity index (χ2v) is 7.81. The number of carbonyl (C=O) groups is 1. The molecule has 2 aliphatic heterocycles. The largest absolute Gasteiger partial charge is 0.497 e. The second-order valence-electron chi connectivity index (χ2n) is 7.81. The zero-order valence-corrected chi connectivity index (χ0v) is 16.3. The van der Waals surface area contributed by atoms with E-state index >= 15 is 0 Å². The van der Waals surface area contributed by atoms with Crippen molar-refractivity contribution in [2.75, 3.05) is 33.3 Å². The molecular weight excluding hydrogens is 324 g/mol. The topological polar surface area (TPSA) is 32.8 Å². The smallest absolute Gasteiger partial charge is 0.227 e. The highest BCUT2D eigenvalue weighted by Gasteiger charge is 2.27. The molecule has 1 aromatic carbocycles. The van der Waals surface area contributed by atoms with Crippen LogP contribution in [0.5, 0.6) is 5.75 Å². The zero-order chi connectivity index (χ0) is 18.2. The average Bonchev–Trinajstić information content (AvgIpc) is 2.96. The molecule has 2 saturated heterocycles. The van der Waals surface area contributed by atoms with Crippen molar-refractivity contribution in [3.05, 3.63) is 29.8 Å². The Morgan fingerprint density at radius 2 is 1.69 bits per heavy atom.